The van der Waals surface area contributed by atoms with E-state index in [1.165, 1.54) is 11.0 Å². The van der Waals surface area contributed by atoms with Crippen LogP contribution in [0.25, 0.3) is 0 Å². The van der Waals surface area contributed by atoms with Crippen LogP contribution in [0.3, 0.4) is 0 Å². The molecule has 1 aromatic carbocycles. The molecule has 1 aliphatic heterocycles. The number of carbonyl (C=O) groups is 2. The zero-order chi connectivity index (χ0) is 13.3. The van der Waals surface area contributed by atoms with Gasteiger partial charge in [-0.15, -0.1) is 0 Å². The van der Waals surface area contributed by atoms with Gasteiger partial charge in [0, 0.05) is 30.8 Å². The summed E-state index contributed by atoms with van der Waals surface area (Å²) in [6, 6.07) is 4.73. The monoisotopic (exact) mass is 267 g/mol. The highest BCUT2D eigenvalue weighted by Gasteiger charge is 2.26. The van der Waals surface area contributed by atoms with Crippen molar-refractivity contribution >= 4 is 29.1 Å². The number of benzene rings is 1. The number of nitrogen functional groups attached to an aromatic ring is 1. The van der Waals surface area contributed by atoms with Crippen LogP contribution in [0.1, 0.15) is 10.4 Å². The number of amides is 2. The molecule has 6 heteroatoms. The number of likely N-dealkylation sites (N-methyl/N-ethyl adjacent to an activating group) is 1. The van der Waals surface area contributed by atoms with Crippen LogP contribution < -0.4 is 5.73 Å². The molecule has 0 aliphatic carbocycles. The normalized spacial score (nSPS) is 16.0. The van der Waals surface area contributed by atoms with Crippen LogP contribution in [-0.4, -0.2) is 48.3 Å². The summed E-state index contributed by atoms with van der Waals surface area (Å²) in [7, 11) is 1.72. The molecule has 18 heavy (non-hydrogen) atoms. The third-order valence-corrected chi connectivity index (χ3v) is 3.22. The van der Waals surface area contributed by atoms with Crippen LogP contribution >= 0.6 is 11.6 Å². The van der Waals surface area contributed by atoms with Crippen molar-refractivity contribution in [1.82, 2.24) is 9.80 Å². The van der Waals surface area contributed by atoms with Crippen molar-refractivity contribution in [1.29, 1.82) is 0 Å². The first-order valence-corrected chi connectivity index (χ1v) is 5.95. The van der Waals surface area contributed by atoms with Gasteiger partial charge in [0.05, 0.1) is 5.56 Å². The number of hydrogen-bond donors (Lipinski definition) is 1. The Morgan fingerprint density at radius 1 is 1.39 bits per heavy atom. The quantitative estimate of drug-likeness (QED) is 0.767. The van der Waals surface area contributed by atoms with Crippen molar-refractivity contribution in [2.24, 2.45) is 0 Å². The standard InChI is InChI=1S/C12H14ClN3O2/c1-15-4-5-16(7-11(15)17)12(18)9-3-2-8(13)6-10(9)14/h2-3,6H,4-5,7,14H2,1H3. The van der Waals surface area contributed by atoms with Gasteiger partial charge in [0.2, 0.25) is 5.91 Å². The fraction of sp³-hybridized carbons (Fsp3) is 0.333. The zero-order valence-corrected chi connectivity index (χ0v) is 10.8. The molecule has 1 aliphatic rings. The highest BCUT2D eigenvalue weighted by atomic mass is 35.5. The van der Waals surface area contributed by atoms with Crippen molar-refractivity contribution in [3.63, 3.8) is 0 Å². The molecule has 2 amide bonds. The van der Waals surface area contributed by atoms with Crippen LogP contribution in [-0.2, 0) is 4.79 Å². The number of rotatable bonds is 1. The number of nitrogens with two attached hydrogens (primary N) is 1. The van der Waals surface area contributed by atoms with Crippen LogP contribution in [0.2, 0.25) is 5.02 Å². The van der Waals surface area contributed by atoms with Gasteiger partial charge in [-0.05, 0) is 18.2 Å². The molecule has 1 fully saturated rings. The first kappa shape index (κ1) is 12.7. The lowest BCUT2D eigenvalue weighted by molar-refractivity contribution is -0.133. The lowest BCUT2D eigenvalue weighted by atomic mass is 10.1. The molecule has 0 saturated carbocycles. The molecule has 1 aromatic rings. The second-order valence-corrected chi connectivity index (χ2v) is 4.71. The summed E-state index contributed by atoms with van der Waals surface area (Å²) in [5.41, 5.74) is 6.48. The van der Waals surface area contributed by atoms with E-state index in [-0.39, 0.29) is 18.4 Å². The summed E-state index contributed by atoms with van der Waals surface area (Å²) in [6.45, 7) is 1.15. The third-order valence-electron chi connectivity index (χ3n) is 2.99. The number of hydrogen-bond acceptors (Lipinski definition) is 3. The van der Waals surface area contributed by atoms with E-state index in [9.17, 15) is 9.59 Å². The predicted molar refractivity (Wildman–Crippen MR) is 69.4 cm³/mol. The third kappa shape index (κ3) is 2.41. The van der Waals surface area contributed by atoms with E-state index in [1.807, 2.05) is 0 Å². The van der Waals surface area contributed by atoms with Crippen molar-refractivity contribution < 1.29 is 9.59 Å². The van der Waals surface area contributed by atoms with Crippen LogP contribution in [0.5, 0.6) is 0 Å². The van der Waals surface area contributed by atoms with E-state index in [4.69, 9.17) is 17.3 Å². The smallest absolute Gasteiger partial charge is 0.256 e. The average Bonchev–Trinajstić information content (AvgIpc) is 2.32. The van der Waals surface area contributed by atoms with Crippen LogP contribution in [0.15, 0.2) is 18.2 Å². The van der Waals surface area contributed by atoms with E-state index in [2.05, 4.69) is 0 Å². The van der Waals surface area contributed by atoms with Crippen molar-refractivity contribution in [3.8, 4) is 0 Å². The average molecular weight is 268 g/mol. The maximum atomic E-state index is 12.2. The summed E-state index contributed by atoms with van der Waals surface area (Å²) < 4.78 is 0. The SMILES string of the molecule is CN1CCN(C(=O)c2ccc(Cl)cc2N)CC1=O. The predicted octanol–water partition coefficient (Wildman–Crippen LogP) is 0.836. The van der Waals surface area contributed by atoms with Gasteiger partial charge in [-0.25, -0.2) is 0 Å². The van der Waals surface area contributed by atoms with Crippen molar-refractivity contribution in [2.75, 3.05) is 32.4 Å². The second-order valence-electron chi connectivity index (χ2n) is 4.27. The van der Waals surface area contributed by atoms with E-state index < -0.39 is 0 Å². The lowest BCUT2D eigenvalue weighted by Crippen LogP contribution is -2.50. The number of nitrogens with zero attached hydrogens (tertiary/aromatic N) is 2. The van der Waals surface area contributed by atoms with Gasteiger partial charge in [0.25, 0.3) is 5.91 Å². The number of piperazine rings is 1. The van der Waals surface area contributed by atoms with Gasteiger partial charge in [-0.3, -0.25) is 9.59 Å². The van der Waals surface area contributed by atoms with Crippen molar-refractivity contribution in [2.45, 2.75) is 0 Å². The van der Waals surface area contributed by atoms with E-state index in [0.717, 1.165) is 0 Å². The Morgan fingerprint density at radius 2 is 2.11 bits per heavy atom. The van der Waals surface area contributed by atoms with Gasteiger partial charge >= 0.3 is 0 Å². The molecule has 0 atom stereocenters. The number of halogens is 1. The molecular weight excluding hydrogens is 254 g/mol. The number of carbonyl (C=O) groups excluding carboxylic acids is 2. The van der Waals surface area contributed by atoms with Gasteiger partial charge in [-0.2, -0.15) is 0 Å². The van der Waals surface area contributed by atoms with E-state index >= 15 is 0 Å². The highest BCUT2D eigenvalue weighted by molar-refractivity contribution is 6.31. The van der Waals surface area contributed by atoms with E-state index in [1.54, 1.807) is 24.1 Å². The highest BCUT2D eigenvalue weighted by Crippen LogP contribution is 2.20. The second kappa shape index (κ2) is 4.86. The van der Waals surface area contributed by atoms with Crippen LogP contribution in [0, 0.1) is 0 Å². The Hall–Kier alpha value is -1.75. The van der Waals surface area contributed by atoms with Gasteiger partial charge in [0.15, 0.2) is 0 Å². The molecule has 1 saturated heterocycles. The minimum absolute atomic E-state index is 0.0675. The maximum absolute atomic E-state index is 12.2. The lowest BCUT2D eigenvalue weighted by Gasteiger charge is -2.32. The summed E-state index contributed by atoms with van der Waals surface area (Å²) >= 11 is 5.78. The summed E-state index contributed by atoms with van der Waals surface area (Å²) in [5, 5.41) is 0.485. The fourth-order valence-corrected chi connectivity index (χ4v) is 2.01. The molecule has 2 rings (SSSR count). The minimum Gasteiger partial charge on any atom is -0.398 e. The summed E-state index contributed by atoms with van der Waals surface area (Å²) in [5.74, 6) is -0.298. The van der Waals surface area contributed by atoms with E-state index in [0.29, 0.717) is 29.4 Å². The molecule has 5 nitrogen and oxygen atoms in total. The zero-order valence-electron chi connectivity index (χ0n) is 10.0. The maximum Gasteiger partial charge on any atom is 0.256 e. The largest absolute Gasteiger partial charge is 0.398 e. The van der Waals surface area contributed by atoms with Gasteiger partial charge in [0.1, 0.15) is 6.54 Å². The first-order valence-electron chi connectivity index (χ1n) is 5.57. The molecule has 0 radical (unpaired) electrons. The van der Waals surface area contributed by atoms with Crippen LogP contribution in [0.4, 0.5) is 5.69 Å². The molecule has 2 N–H and O–H groups in total. The molecule has 0 bridgehead atoms. The Morgan fingerprint density at radius 3 is 2.72 bits per heavy atom. The summed E-state index contributed by atoms with van der Waals surface area (Å²) in [4.78, 5) is 26.9. The topological polar surface area (TPSA) is 66.6 Å². The molecule has 96 valence electrons. The molecule has 0 unspecified atom stereocenters. The molecule has 0 aromatic heterocycles. The Bertz CT molecular complexity index is 504. The molecular formula is C12H14ClN3O2. The fourth-order valence-electron chi connectivity index (χ4n) is 1.83. The Labute approximate surface area is 110 Å². The van der Waals surface area contributed by atoms with Gasteiger partial charge < -0.3 is 15.5 Å². The molecule has 0 spiro atoms. The first-order chi connectivity index (χ1) is 8.49. The minimum atomic E-state index is -0.231. The Kier molecular flexibility index (Phi) is 3.43. The summed E-state index contributed by atoms with van der Waals surface area (Å²) in [6.07, 6.45) is 0. The number of anilines is 1. The van der Waals surface area contributed by atoms with Gasteiger partial charge in [-0.1, -0.05) is 11.6 Å². The van der Waals surface area contributed by atoms with Crippen molar-refractivity contribution in [3.05, 3.63) is 28.8 Å². The molecule has 1 heterocycles. The Balaban J connectivity index is 2.19.